The predicted molar refractivity (Wildman–Crippen MR) is 107 cm³/mol. The highest BCUT2D eigenvalue weighted by Gasteiger charge is 2.51. The van der Waals surface area contributed by atoms with Gasteiger partial charge in [0.15, 0.2) is 0 Å². The first-order valence-corrected chi connectivity index (χ1v) is 11.0. The molecule has 2 unspecified atom stereocenters. The number of rotatable bonds is 5. The largest absolute Gasteiger partial charge is 0.372 e. The molecule has 1 aliphatic rings. The SMILES string of the molecule is CS(=N)(=O)c1cccc(N2CCC(O)(C(=O)NCc3cc(F)cc(Cl)c3)C2=O)c1. The van der Waals surface area contributed by atoms with Gasteiger partial charge in [0.1, 0.15) is 5.82 Å². The van der Waals surface area contributed by atoms with Crippen molar-refractivity contribution in [3.63, 3.8) is 0 Å². The molecule has 1 fully saturated rings. The lowest BCUT2D eigenvalue weighted by Gasteiger charge is -2.22. The lowest BCUT2D eigenvalue weighted by atomic mass is 10.0. The molecule has 3 rings (SSSR count). The van der Waals surface area contributed by atoms with Crippen molar-refractivity contribution in [1.82, 2.24) is 5.32 Å². The van der Waals surface area contributed by atoms with E-state index < -0.39 is 33.0 Å². The summed E-state index contributed by atoms with van der Waals surface area (Å²) in [7, 11) is -2.98. The molecule has 2 atom stereocenters. The van der Waals surface area contributed by atoms with Crippen LogP contribution in [0.25, 0.3) is 0 Å². The molecule has 0 aromatic heterocycles. The standard InChI is InChI=1S/C19H19ClFN3O4S/c1-29(22,28)16-4-2-3-15(10-16)24-6-5-19(27,18(24)26)17(25)23-11-12-7-13(20)9-14(21)8-12/h2-4,7-10,22,27H,5-6,11H2,1H3,(H,23,25). The zero-order valence-electron chi connectivity index (χ0n) is 15.4. The summed E-state index contributed by atoms with van der Waals surface area (Å²) in [5.74, 6) is -2.29. The summed E-state index contributed by atoms with van der Waals surface area (Å²) in [6, 6.07) is 9.86. The van der Waals surface area contributed by atoms with Gasteiger partial charge >= 0.3 is 0 Å². The van der Waals surface area contributed by atoms with Crippen molar-refractivity contribution >= 4 is 38.8 Å². The number of hydrogen-bond acceptors (Lipinski definition) is 5. The first-order chi connectivity index (χ1) is 13.5. The minimum Gasteiger partial charge on any atom is -0.372 e. The second-order valence-electron chi connectivity index (χ2n) is 6.87. The maximum Gasteiger partial charge on any atom is 0.268 e. The second kappa shape index (κ2) is 7.74. The van der Waals surface area contributed by atoms with Gasteiger partial charge in [-0.1, -0.05) is 17.7 Å². The lowest BCUT2D eigenvalue weighted by Crippen LogP contribution is -2.52. The fourth-order valence-electron chi connectivity index (χ4n) is 3.10. The van der Waals surface area contributed by atoms with Gasteiger partial charge in [-0.25, -0.2) is 13.4 Å². The summed E-state index contributed by atoms with van der Waals surface area (Å²) in [5, 5.41) is 13.3. The number of hydrogen-bond donors (Lipinski definition) is 3. The van der Waals surface area contributed by atoms with Crippen LogP contribution >= 0.6 is 11.6 Å². The van der Waals surface area contributed by atoms with Gasteiger partial charge in [-0.05, 0) is 42.0 Å². The second-order valence-corrected chi connectivity index (χ2v) is 9.46. The molecule has 0 aliphatic carbocycles. The molecule has 154 valence electrons. The van der Waals surface area contributed by atoms with E-state index in [0.29, 0.717) is 11.3 Å². The minimum atomic E-state index is -2.98. The van der Waals surface area contributed by atoms with Crippen molar-refractivity contribution in [1.29, 1.82) is 4.78 Å². The molecule has 10 heteroatoms. The zero-order valence-corrected chi connectivity index (χ0v) is 17.0. The molecule has 1 saturated heterocycles. The molecule has 1 heterocycles. The smallest absolute Gasteiger partial charge is 0.268 e. The maximum absolute atomic E-state index is 13.4. The number of benzene rings is 2. The Hall–Kier alpha value is -2.49. The van der Waals surface area contributed by atoms with Crippen molar-refractivity contribution < 1.29 is 23.3 Å². The van der Waals surface area contributed by atoms with Gasteiger partial charge in [-0.15, -0.1) is 0 Å². The van der Waals surface area contributed by atoms with Gasteiger partial charge < -0.3 is 15.3 Å². The molecule has 3 N–H and O–H groups in total. The predicted octanol–water partition coefficient (Wildman–Crippen LogP) is 2.30. The van der Waals surface area contributed by atoms with E-state index in [-0.39, 0.29) is 29.4 Å². The van der Waals surface area contributed by atoms with Gasteiger partial charge in [0.05, 0.1) is 9.73 Å². The molecule has 2 aromatic carbocycles. The van der Waals surface area contributed by atoms with Crippen molar-refractivity contribution in [2.45, 2.75) is 23.5 Å². The average Bonchev–Trinajstić information content (AvgIpc) is 2.94. The van der Waals surface area contributed by atoms with Crippen LogP contribution in [0.5, 0.6) is 0 Å². The monoisotopic (exact) mass is 439 g/mol. The summed E-state index contributed by atoms with van der Waals surface area (Å²) >= 11 is 5.78. The minimum absolute atomic E-state index is 0.0703. The van der Waals surface area contributed by atoms with Crippen molar-refractivity contribution in [2.75, 3.05) is 17.7 Å². The molecule has 1 aliphatic heterocycles. The Bertz CT molecular complexity index is 1070. The quantitative estimate of drug-likeness (QED) is 0.621. The number of nitrogens with zero attached hydrogens (tertiary/aromatic N) is 1. The van der Waals surface area contributed by atoms with E-state index in [4.69, 9.17) is 16.4 Å². The van der Waals surface area contributed by atoms with E-state index >= 15 is 0 Å². The fraction of sp³-hybridized carbons (Fsp3) is 0.263. The lowest BCUT2D eigenvalue weighted by molar-refractivity contribution is -0.149. The molecule has 2 amide bonds. The van der Waals surface area contributed by atoms with Crippen LogP contribution in [0, 0.1) is 10.6 Å². The van der Waals surface area contributed by atoms with E-state index in [0.717, 1.165) is 6.07 Å². The average molecular weight is 440 g/mol. The third-order valence-electron chi connectivity index (χ3n) is 4.63. The van der Waals surface area contributed by atoms with Gasteiger partial charge in [-0.2, -0.15) is 0 Å². The van der Waals surface area contributed by atoms with E-state index in [9.17, 15) is 23.3 Å². The van der Waals surface area contributed by atoms with Gasteiger partial charge in [0.25, 0.3) is 11.8 Å². The van der Waals surface area contributed by atoms with Crippen LogP contribution < -0.4 is 10.2 Å². The summed E-state index contributed by atoms with van der Waals surface area (Å²) < 4.78 is 33.0. The van der Waals surface area contributed by atoms with Gasteiger partial charge in [-0.3, -0.25) is 9.59 Å². The van der Waals surface area contributed by atoms with Gasteiger partial charge in [0, 0.05) is 41.4 Å². The molecule has 7 nitrogen and oxygen atoms in total. The summed E-state index contributed by atoms with van der Waals surface area (Å²) in [4.78, 5) is 26.7. The topological polar surface area (TPSA) is 111 Å². The van der Waals surface area contributed by atoms with Crippen LogP contribution in [-0.2, 0) is 25.9 Å². The van der Waals surface area contributed by atoms with Crippen molar-refractivity contribution in [3.05, 3.63) is 58.9 Å². The Kier molecular flexibility index (Phi) is 5.66. The molecule has 0 bridgehead atoms. The van der Waals surface area contributed by atoms with E-state index in [1.54, 1.807) is 12.1 Å². The molecule has 0 spiro atoms. The highest BCUT2D eigenvalue weighted by molar-refractivity contribution is 7.91. The van der Waals surface area contributed by atoms with Crippen LogP contribution in [0.4, 0.5) is 10.1 Å². The molecular formula is C19H19ClFN3O4S. The van der Waals surface area contributed by atoms with E-state index in [2.05, 4.69) is 5.32 Å². The summed E-state index contributed by atoms with van der Waals surface area (Å²) in [5.41, 5.74) is -1.55. The van der Waals surface area contributed by atoms with Crippen molar-refractivity contribution in [3.8, 4) is 0 Å². The Morgan fingerprint density at radius 1 is 1.38 bits per heavy atom. The Morgan fingerprint density at radius 2 is 2.10 bits per heavy atom. The number of carbonyl (C=O) groups excluding carboxylic acids is 2. The first-order valence-electron chi connectivity index (χ1n) is 8.62. The summed E-state index contributed by atoms with van der Waals surface area (Å²) in [6.45, 7) is -0.0426. The van der Waals surface area contributed by atoms with E-state index in [1.807, 2.05) is 0 Å². The highest BCUT2D eigenvalue weighted by Crippen LogP contribution is 2.30. The highest BCUT2D eigenvalue weighted by atomic mass is 35.5. The first kappa shape index (κ1) is 21.2. The number of halogens is 2. The number of carbonyl (C=O) groups is 2. The number of nitrogens with one attached hydrogen (secondary N) is 2. The van der Waals surface area contributed by atoms with Crippen LogP contribution in [-0.4, -0.2) is 39.5 Å². The molecule has 0 radical (unpaired) electrons. The third-order valence-corrected chi connectivity index (χ3v) is 6.00. The summed E-state index contributed by atoms with van der Waals surface area (Å²) in [6.07, 6.45) is 1.12. The van der Waals surface area contributed by atoms with Crippen LogP contribution in [0.2, 0.25) is 5.02 Å². The van der Waals surface area contributed by atoms with Crippen LogP contribution in [0.15, 0.2) is 47.4 Å². The fourth-order valence-corrected chi connectivity index (χ4v) is 4.03. The molecule has 29 heavy (non-hydrogen) atoms. The molecular weight excluding hydrogens is 421 g/mol. The zero-order chi connectivity index (χ0) is 21.4. The van der Waals surface area contributed by atoms with E-state index in [1.165, 1.54) is 35.4 Å². The number of amides is 2. The normalized spacial score (nSPS) is 21.1. The van der Waals surface area contributed by atoms with Crippen LogP contribution in [0.3, 0.4) is 0 Å². The number of aliphatic hydroxyl groups is 1. The Balaban J connectivity index is 1.76. The Morgan fingerprint density at radius 3 is 2.76 bits per heavy atom. The van der Waals surface area contributed by atoms with Crippen LogP contribution in [0.1, 0.15) is 12.0 Å². The van der Waals surface area contributed by atoms with Crippen molar-refractivity contribution in [2.24, 2.45) is 0 Å². The molecule has 2 aromatic rings. The Labute approximate surface area is 172 Å². The number of anilines is 1. The molecule has 0 saturated carbocycles. The maximum atomic E-state index is 13.4. The third kappa shape index (κ3) is 4.42. The van der Waals surface area contributed by atoms with Gasteiger partial charge in [0.2, 0.25) is 5.60 Å².